The van der Waals surface area contributed by atoms with Crippen LogP contribution in [0.2, 0.25) is 0 Å². The average molecular weight is 353 g/mol. The van der Waals surface area contributed by atoms with Crippen molar-refractivity contribution in [3.63, 3.8) is 0 Å². The second kappa shape index (κ2) is 9.27. The largest absolute Gasteiger partial charge is 0.325 e. The summed E-state index contributed by atoms with van der Waals surface area (Å²) in [6.45, 7) is 4.92. The van der Waals surface area contributed by atoms with Crippen molar-refractivity contribution in [3.05, 3.63) is 72.1 Å². The molecule has 0 saturated carbocycles. The van der Waals surface area contributed by atoms with Gasteiger partial charge < -0.3 is 5.32 Å². The first kappa shape index (κ1) is 18.3. The summed E-state index contributed by atoms with van der Waals surface area (Å²) in [6.07, 6.45) is 4.33. The Morgan fingerprint density at radius 2 is 1.62 bits per heavy atom. The predicted molar refractivity (Wildman–Crippen MR) is 103 cm³/mol. The first-order chi connectivity index (χ1) is 12.7. The fraction of sp³-hybridized carbons (Fsp3) is 0.286. The third-order valence-electron chi connectivity index (χ3n) is 4.43. The van der Waals surface area contributed by atoms with Crippen LogP contribution in [0.4, 0.5) is 10.1 Å². The van der Waals surface area contributed by atoms with E-state index in [1.165, 1.54) is 17.7 Å². The monoisotopic (exact) mass is 353 g/mol. The van der Waals surface area contributed by atoms with E-state index >= 15 is 0 Å². The first-order valence-corrected chi connectivity index (χ1v) is 8.91. The lowest BCUT2D eigenvalue weighted by atomic mass is 10.2. The van der Waals surface area contributed by atoms with Gasteiger partial charge in [-0.3, -0.25) is 14.6 Å². The Morgan fingerprint density at radius 1 is 0.962 bits per heavy atom. The molecule has 2 aromatic carbocycles. The molecule has 1 fully saturated rings. The van der Waals surface area contributed by atoms with Gasteiger partial charge in [0.25, 0.3) is 0 Å². The molecule has 2 aromatic rings. The Hall–Kier alpha value is -2.50. The van der Waals surface area contributed by atoms with Gasteiger partial charge in [0, 0.05) is 38.4 Å². The van der Waals surface area contributed by atoms with Crippen LogP contribution in [-0.2, 0) is 4.79 Å². The summed E-state index contributed by atoms with van der Waals surface area (Å²) >= 11 is 0. The lowest BCUT2D eigenvalue weighted by molar-refractivity contribution is -0.117. The SMILES string of the molecule is O=C(CN1CCN(CC=Cc2ccccc2)CC1)Nc1ccc(F)cc1. The van der Waals surface area contributed by atoms with Crippen LogP contribution in [0.5, 0.6) is 0 Å². The number of hydrogen-bond acceptors (Lipinski definition) is 3. The smallest absolute Gasteiger partial charge is 0.238 e. The van der Waals surface area contributed by atoms with Gasteiger partial charge in [-0.05, 0) is 29.8 Å². The standard InChI is InChI=1S/C21H24FN3O/c22-19-8-10-20(11-9-19)23-21(26)17-25-15-13-24(14-16-25)12-4-7-18-5-2-1-3-6-18/h1-11H,12-17H2,(H,23,26). The van der Waals surface area contributed by atoms with Crippen LogP contribution in [0.15, 0.2) is 60.7 Å². The Bertz CT molecular complexity index is 723. The molecule has 1 N–H and O–H groups in total. The van der Waals surface area contributed by atoms with Crippen LogP contribution in [0.3, 0.4) is 0 Å². The predicted octanol–water partition coefficient (Wildman–Crippen LogP) is 3.10. The number of benzene rings is 2. The molecule has 0 radical (unpaired) electrons. The molecule has 1 amide bonds. The summed E-state index contributed by atoms with van der Waals surface area (Å²) in [5.41, 5.74) is 1.84. The van der Waals surface area contributed by atoms with Crippen LogP contribution in [0.25, 0.3) is 6.08 Å². The Balaban J connectivity index is 1.37. The molecular formula is C21H24FN3O. The molecule has 136 valence electrons. The topological polar surface area (TPSA) is 35.6 Å². The van der Waals surface area contributed by atoms with Gasteiger partial charge in [0.05, 0.1) is 6.54 Å². The molecule has 1 heterocycles. The third-order valence-corrected chi connectivity index (χ3v) is 4.43. The van der Waals surface area contributed by atoms with Gasteiger partial charge in [0.15, 0.2) is 0 Å². The van der Waals surface area contributed by atoms with E-state index in [-0.39, 0.29) is 11.7 Å². The molecule has 0 atom stereocenters. The molecule has 1 aliphatic heterocycles. The number of hydrogen-bond donors (Lipinski definition) is 1. The number of halogens is 1. The molecule has 5 heteroatoms. The van der Waals surface area contributed by atoms with Crippen molar-refractivity contribution in [1.82, 2.24) is 9.80 Å². The minimum Gasteiger partial charge on any atom is -0.325 e. The molecular weight excluding hydrogens is 329 g/mol. The highest BCUT2D eigenvalue weighted by Gasteiger charge is 2.18. The highest BCUT2D eigenvalue weighted by atomic mass is 19.1. The number of carbonyl (C=O) groups is 1. The molecule has 0 bridgehead atoms. The van der Waals surface area contributed by atoms with Gasteiger partial charge >= 0.3 is 0 Å². The molecule has 0 aromatic heterocycles. The second-order valence-electron chi connectivity index (χ2n) is 6.44. The van der Waals surface area contributed by atoms with E-state index in [2.05, 4.69) is 39.4 Å². The molecule has 4 nitrogen and oxygen atoms in total. The number of piperazine rings is 1. The van der Waals surface area contributed by atoms with Crippen molar-refractivity contribution in [3.8, 4) is 0 Å². The molecule has 0 aliphatic carbocycles. The lowest BCUT2D eigenvalue weighted by Crippen LogP contribution is -2.48. The number of nitrogens with zero attached hydrogens (tertiary/aromatic N) is 2. The maximum atomic E-state index is 12.9. The first-order valence-electron chi connectivity index (χ1n) is 8.91. The molecule has 1 saturated heterocycles. The van der Waals surface area contributed by atoms with Gasteiger partial charge in [0.1, 0.15) is 5.82 Å². The van der Waals surface area contributed by atoms with E-state index in [1.807, 2.05) is 18.2 Å². The van der Waals surface area contributed by atoms with Gasteiger partial charge in [-0.15, -0.1) is 0 Å². The van der Waals surface area contributed by atoms with Crippen molar-refractivity contribution in [2.45, 2.75) is 0 Å². The van der Waals surface area contributed by atoms with Crippen LogP contribution in [0.1, 0.15) is 5.56 Å². The molecule has 0 spiro atoms. The van der Waals surface area contributed by atoms with Gasteiger partial charge in [0.2, 0.25) is 5.91 Å². The number of nitrogens with one attached hydrogen (secondary N) is 1. The van der Waals surface area contributed by atoms with Crippen LogP contribution < -0.4 is 5.32 Å². The van der Waals surface area contributed by atoms with Crippen LogP contribution >= 0.6 is 0 Å². The van der Waals surface area contributed by atoms with Gasteiger partial charge in [-0.1, -0.05) is 42.5 Å². The zero-order valence-electron chi connectivity index (χ0n) is 14.8. The van der Waals surface area contributed by atoms with E-state index in [9.17, 15) is 9.18 Å². The highest BCUT2D eigenvalue weighted by molar-refractivity contribution is 5.92. The van der Waals surface area contributed by atoms with E-state index in [0.29, 0.717) is 12.2 Å². The summed E-state index contributed by atoms with van der Waals surface area (Å²) in [7, 11) is 0. The van der Waals surface area contributed by atoms with Gasteiger partial charge in [-0.2, -0.15) is 0 Å². The quantitative estimate of drug-likeness (QED) is 0.867. The van der Waals surface area contributed by atoms with Gasteiger partial charge in [-0.25, -0.2) is 4.39 Å². The molecule has 0 unspecified atom stereocenters. The molecule has 26 heavy (non-hydrogen) atoms. The maximum absolute atomic E-state index is 12.9. The number of anilines is 1. The third kappa shape index (κ3) is 5.79. The summed E-state index contributed by atoms with van der Waals surface area (Å²) in [5.74, 6) is -0.366. The fourth-order valence-electron chi connectivity index (χ4n) is 2.97. The van der Waals surface area contributed by atoms with Crippen molar-refractivity contribution in [2.24, 2.45) is 0 Å². The number of carbonyl (C=O) groups excluding carboxylic acids is 1. The lowest BCUT2D eigenvalue weighted by Gasteiger charge is -2.33. The zero-order chi connectivity index (χ0) is 18.2. The Kier molecular flexibility index (Phi) is 6.52. The second-order valence-corrected chi connectivity index (χ2v) is 6.44. The van der Waals surface area contributed by atoms with Crippen LogP contribution in [-0.4, -0.2) is 55.0 Å². The van der Waals surface area contributed by atoms with E-state index in [4.69, 9.17) is 0 Å². The fourth-order valence-corrected chi connectivity index (χ4v) is 2.97. The minimum absolute atomic E-state index is 0.0611. The highest BCUT2D eigenvalue weighted by Crippen LogP contribution is 2.09. The normalized spacial score (nSPS) is 16.0. The number of rotatable bonds is 6. The summed E-state index contributed by atoms with van der Waals surface area (Å²) in [4.78, 5) is 16.6. The van der Waals surface area contributed by atoms with E-state index in [1.54, 1.807) is 12.1 Å². The van der Waals surface area contributed by atoms with Crippen molar-refractivity contribution in [1.29, 1.82) is 0 Å². The average Bonchev–Trinajstić information content (AvgIpc) is 2.66. The minimum atomic E-state index is -0.305. The molecule has 1 aliphatic rings. The zero-order valence-corrected chi connectivity index (χ0v) is 14.8. The van der Waals surface area contributed by atoms with Crippen LogP contribution in [0, 0.1) is 5.82 Å². The van der Waals surface area contributed by atoms with E-state index < -0.39 is 0 Å². The number of amides is 1. The Morgan fingerprint density at radius 3 is 2.31 bits per heavy atom. The van der Waals surface area contributed by atoms with E-state index in [0.717, 1.165) is 32.7 Å². The molecule has 3 rings (SSSR count). The van der Waals surface area contributed by atoms with Crippen molar-refractivity contribution >= 4 is 17.7 Å². The summed E-state index contributed by atoms with van der Waals surface area (Å²) < 4.78 is 12.9. The maximum Gasteiger partial charge on any atom is 0.238 e. The van der Waals surface area contributed by atoms with Crippen molar-refractivity contribution < 1.29 is 9.18 Å². The summed E-state index contributed by atoms with van der Waals surface area (Å²) in [6, 6.07) is 16.1. The summed E-state index contributed by atoms with van der Waals surface area (Å²) in [5, 5.41) is 2.81. The van der Waals surface area contributed by atoms with Crippen molar-refractivity contribution in [2.75, 3.05) is 44.6 Å². The Labute approximate surface area is 153 Å².